The van der Waals surface area contributed by atoms with Crippen LogP contribution in [0.2, 0.25) is 0 Å². The number of amides is 3. The van der Waals surface area contributed by atoms with Crippen LogP contribution in [0.25, 0.3) is 0 Å². The lowest BCUT2D eigenvalue weighted by molar-refractivity contribution is -0.142. The summed E-state index contributed by atoms with van der Waals surface area (Å²) in [6.45, 7) is 0.152. The van der Waals surface area contributed by atoms with Crippen molar-refractivity contribution in [1.82, 2.24) is 16.0 Å². The van der Waals surface area contributed by atoms with E-state index >= 15 is 0 Å². The number of thioether (sulfide) groups is 1. The number of rotatable bonds is 18. The molecule has 0 fully saturated rings. The molecule has 1 aromatic carbocycles. The molecule has 0 radical (unpaired) electrons. The van der Waals surface area contributed by atoms with Gasteiger partial charge >= 0.3 is 11.9 Å². The first-order valence-corrected chi connectivity index (χ1v) is 13.5. The SMILES string of the molecule is CSCCC(NC(=O)C(CCCN=C(N)N)NC(=O)C(N)CC(=O)O)C(=O)NC(Cc1ccccc1)C(=O)O. The number of carbonyl (C=O) groups is 5. The van der Waals surface area contributed by atoms with Crippen LogP contribution in [0.4, 0.5) is 0 Å². The van der Waals surface area contributed by atoms with E-state index in [1.165, 1.54) is 11.8 Å². The number of carbonyl (C=O) groups excluding carboxylic acids is 3. The van der Waals surface area contributed by atoms with Crippen LogP contribution in [0.15, 0.2) is 35.3 Å². The molecule has 39 heavy (non-hydrogen) atoms. The first-order valence-electron chi connectivity index (χ1n) is 12.1. The molecule has 14 nitrogen and oxygen atoms in total. The second kappa shape index (κ2) is 17.6. The topological polar surface area (TPSA) is 252 Å². The van der Waals surface area contributed by atoms with Crippen molar-refractivity contribution in [1.29, 1.82) is 0 Å². The third-order valence-electron chi connectivity index (χ3n) is 5.45. The minimum Gasteiger partial charge on any atom is -0.481 e. The molecule has 0 saturated heterocycles. The molecule has 0 aliphatic heterocycles. The van der Waals surface area contributed by atoms with Gasteiger partial charge in [0, 0.05) is 13.0 Å². The molecule has 4 atom stereocenters. The van der Waals surface area contributed by atoms with Gasteiger partial charge in [-0.1, -0.05) is 30.3 Å². The number of hydrogen-bond donors (Lipinski definition) is 8. The Labute approximate surface area is 230 Å². The highest BCUT2D eigenvalue weighted by atomic mass is 32.2. The Hall–Kier alpha value is -3.85. The van der Waals surface area contributed by atoms with E-state index in [0.29, 0.717) is 11.3 Å². The van der Waals surface area contributed by atoms with Crippen molar-refractivity contribution < 1.29 is 34.2 Å². The van der Waals surface area contributed by atoms with Gasteiger partial charge in [0.25, 0.3) is 0 Å². The molecule has 1 rings (SSSR count). The van der Waals surface area contributed by atoms with Gasteiger partial charge in [-0.2, -0.15) is 11.8 Å². The molecule has 0 spiro atoms. The van der Waals surface area contributed by atoms with Gasteiger partial charge in [-0.25, -0.2) is 4.79 Å². The minimum absolute atomic E-state index is 0.0377. The summed E-state index contributed by atoms with van der Waals surface area (Å²) >= 11 is 1.42. The number of benzene rings is 1. The normalized spacial score (nSPS) is 13.7. The van der Waals surface area contributed by atoms with Crippen molar-refractivity contribution in [2.24, 2.45) is 22.2 Å². The summed E-state index contributed by atoms with van der Waals surface area (Å²) in [5.74, 6) is -4.50. The summed E-state index contributed by atoms with van der Waals surface area (Å²) in [5, 5.41) is 26.0. The third kappa shape index (κ3) is 13.5. The fraction of sp³-hybridized carbons (Fsp3) is 0.500. The molecule has 0 bridgehead atoms. The van der Waals surface area contributed by atoms with Crippen LogP contribution < -0.4 is 33.2 Å². The summed E-state index contributed by atoms with van der Waals surface area (Å²) in [6.07, 6.45) is 1.70. The van der Waals surface area contributed by atoms with E-state index in [1.807, 2.05) is 6.26 Å². The second-order valence-electron chi connectivity index (χ2n) is 8.65. The van der Waals surface area contributed by atoms with Gasteiger partial charge in [-0.15, -0.1) is 0 Å². The molecule has 0 aliphatic rings. The quantitative estimate of drug-likeness (QED) is 0.0568. The molecule has 0 heterocycles. The number of carboxylic acids is 2. The predicted octanol–water partition coefficient (Wildman–Crippen LogP) is -1.62. The first-order chi connectivity index (χ1) is 18.4. The van der Waals surface area contributed by atoms with Gasteiger partial charge in [-0.3, -0.25) is 24.2 Å². The van der Waals surface area contributed by atoms with Gasteiger partial charge in [-0.05, 0) is 36.8 Å². The number of nitrogens with two attached hydrogens (primary N) is 3. The Bertz CT molecular complexity index is 1010. The van der Waals surface area contributed by atoms with E-state index in [4.69, 9.17) is 22.3 Å². The number of aliphatic carboxylic acids is 2. The third-order valence-corrected chi connectivity index (χ3v) is 6.09. The highest BCUT2D eigenvalue weighted by Gasteiger charge is 2.30. The van der Waals surface area contributed by atoms with E-state index in [2.05, 4.69) is 20.9 Å². The van der Waals surface area contributed by atoms with Crippen LogP contribution in [0.1, 0.15) is 31.2 Å². The Morgan fingerprint density at radius 1 is 0.897 bits per heavy atom. The molecule has 1 aromatic rings. The molecule has 0 aromatic heterocycles. The van der Waals surface area contributed by atoms with E-state index in [9.17, 15) is 29.1 Å². The number of aliphatic imine (C=N–C) groups is 1. The van der Waals surface area contributed by atoms with Gasteiger partial charge in [0.05, 0.1) is 12.5 Å². The molecular formula is C24H37N7O7S. The number of carboxylic acid groups (broad SMARTS) is 2. The molecule has 0 aliphatic carbocycles. The summed E-state index contributed by atoms with van der Waals surface area (Å²) in [4.78, 5) is 65.2. The highest BCUT2D eigenvalue weighted by Crippen LogP contribution is 2.08. The van der Waals surface area contributed by atoms with Crippen molar-refractivity contribution in [3.8, 4) is 0 Å². The molecule has 15 heteroatoms. The fourth-order valence-electron chi connectivity index (χ4n) is 3.43. The van der Waals surface area contributed by atoms with Gasteiger partial charge in [0.1, 0.15) is 18.1 Å². The number of guanidine groups is 1. The smallest absolute Gasteiger partial charge is 0.326 e. The monoisotopic (exact) mass is 567 g/mol. The zero-order valence-corrected chi connectivity index (χ0v) is 22.5. The molecule has 11 N–H and O–H groups in total. The maximum Gasteiger partial charge on any atom is 0.326 e. The Morgan fingerprint density at radius 3 is 2.00 bits per heavy atom. The first kappa shape index (κ1) is 33.2. The lowest BCUT2D eigenvalue weighted by Gasteiger charge is -2.25. The van der Waals surface area contributed by atoms with Crippen molar-refractivity contribution in [2.45, 2.75) is 56.3 Å². The van der Waals surface area contributed by atoms with Crippen LogP contribution in [0, 0.1) is 0 Å². The Morgan fingerprint density at radius 2 is 1.46 bits per heavy atom. The van der Waals surface area contributed by atoms with Gasteiger partial charge < -0.3 is 43.4 Å². The molecular weight excluding hydrogens is 530 g/mol. The van der Waals surface area contributed by atoms with E-state index < -0.39 is 60.2 Å². The maximum absolute atomic E-state index is 13.2. The van der Waals surface area contributed by atoms with E-state index in [1.54, 1.807) is 30.3 Å². The number of nitrogens with zero attached hydrogens (tertiary/aromatic N) is 1. The average molecular weight is 568 g/mol. The number of hydrogen-bond acceptors (Lipinski definition) is 8. The average Bonchev–Trinajstić information content (AvgIpc) is 2.87. The van der Waals surface area contributed by atoms with Crippen LogP contribution in [-0.4, -0.2) is 88.6 Å². The summed E-state index contributed by atoms with van der Waals surface area (Å²) in [7, 11) is 0. The van der Waals surface area contributed by atoms with Crippen LogP contribution in [-0.2, 0) is 30.4 Å². The standard InChI is InChI=1S/C24H37N7O7S/c1-39-11-9-17(22(36)31-18(23(37)38)12-14-6-3-2-4-7-14)30-21(35)16(8-5-10-28-24(26)27)29-20(34)15(25)13-19(32)33/h2-4,6-7,15-18H,5,8-13,25H2,1H3,(H,29,34)(H,30,35)(H,31,36)(H,32,33)(H,37,38)(H4,26,27,28). The largest absolute Gasteiger partial charge is 0.481 e. The second-order valence-corrected chi connectivity index (χ2v) is 9.63. The zero-order chi connectivity index (χ0) is 29.4. The Kier molecular flexibility index (Phi) is 15.0. The molecule has 4 unspecified atom stereocenters. The van der Waals surface area contributed by atoms with E-state index in [0.717, 1.165) is 0 Å². The summed E-state index contributed by atoms with van der Waals surface area (Å²) < 4.78 is 0. The lowest BCUT2D eigenvalue weighted by Crippen LogP contribution is -2.57. The summed E-state index contributed by atoms with van der Waals surface area (Å²) in [6, 6.07) is 3.83. The molecule has 0 saturated carbocycles. The van der Waals surface area contributed by atoms with Crippen molar-refractivity contribution in [3.63, 3.8) is 0 Å². The predicted molar refractivity (Wildman–Crippen MR) is 147 cm³/mol. The van der Waals surface area contributed by atoms with Crippen molar-refractivity contribution in [2.75, 3.05) is 18.6 Å². The lowest BCUT2D eigenvalue weighted by atomic mass is 10.0. The van der Waals surface area contributed by atoms with Crippen molar-refractivity contribution >= 4 is 47.4 Å². The van der Waals surface area contributed by atoms with E-state index in [-0.39, 0.29) is 38.2 Å². The number of nitrogens with one attached hydrogen (secondary N) is 3. The van der Waals surface area contributed by atoms with Crippen LogP contribution in [0.5, 0.6) is 0 Å². The van der Waals surface area contributed by atoms with Crippen molar-refractivity contribution in [3.05, 3.63) is 35.9 Å². The van der Waals surface area contributed by atoms with Gasteiger partial charge in [0.2, 0.25) is 17.7 Å². The summed E-state index contributed by atoms with van der Waals surface area (Å²) in [5.41, 5.74) is 16.9. The highest BCUT2D eigenvalue weighted by molar-refractivity contribution is 7.98. The minimum atomic E-state index is -1.40. The van der Waals surface area contributed by atoms with Crippen LogP contribution >= 0.6 is 11.8 Å². The molecule has 216 valence electrons. The zero-order valence-electron chi connectivity index (χ0n) is 21.7. The Balaban J connectivity index is 3.03. The van der Waals surface area contributed by atoms with Crippen LogP contribution in [0.3, 0.4) is 0 Å². The van der Waals surface area contributed by atoms with Gasteiger partial charge in [0.15, 0.2) is 5.96 Å². The fourth-order valence-corrected chi connectivity index (χ4v) is 3.90. The molecule has 3 amide bonds. The maximum atomic E-state index is 13.2.